The number of ether oxygens (including phenoxy) is 2. The van der Waals surface area contributed by atoms with Gasteiger partial charge in [0.05, 0.1) is 48.4 Å². The fraction of sp³-hybridized carbons (Fsp3) is 0.351. The summed E-state index contributed by atoms with van der Waals surface area (Å²) in [6.45, 7) is 2.77. The van der Waals surface area contributed by atoms with Gasteiger partial charge in [0.1, 0.15) is 23.7 Å². The van der Waals surface area contributed by atoms with Gasteiger partial charge in [0.15, 0.2) is 0 Å². The van der Waals surface area contributed by atoms with Crippen LogP contribution in [0, 0.1) is 0 Å². The van der Waals surface area contributed by atoms with Gasteiger partial charge in [0, 0.05) is 13.1 Å². The van der Waals surface area contributed by atoms with Crippen LogP contribution < -0.4 is 10.6 Å². The number of amides is 4. The molecule has 4 N–H and O–H groups in total. The molecular formula is C37H40N8O6. The van der Waals surface area contributed by atoms with E-state index in [1.807, 2.05) is 66.7 Å². The van der Waals surface area contributed by atoms with Crippen LogP contribution in [0.4, 0.5) is 9.59 Å². The van der Waals surface area contributed by atoms with Gasteiger partial charge in [-0.05, 0) is 73.6 Å². The van der Waals surface area contributed by atoms with Crippen molar-refractivity contribution in [3.8, 4) is 11.1 Å². The number of carbonyl (C=O) groups is 4. The van der Waals surface area contributed by atoms with Gasteiger partial charge < -0.3 is 39.9 Å². The molecule has 5 aromatic rings. The number of benzene rings is 3. The van der Waals surface area contributed by atoms with Gasteiger partial charge in [-0.1, -0.05) is 42.5 Å². The number of methoxy groups -OCH3 is 2. The Morgan fingerprint density at radius 1 is 0.725 bits per heavy atom. The Labute approximate surface area is 293 Å². The molecule has 0 saturated carbocycles. The van der Waals surface area contributed by atoms with Gasteiger partial charge in [-0.25, -0.2) is 19.6 Å². The second-order valence-electron chi connectivity index (χ2n) is 12.9. The normalized spacial score (nSPS) is 18.5. The summed E-state index contributed by atoms with van der Waals surface area (Å²) in [6.07, 6.45) is 1.82. The molecule has 264 valence electrons. The van der Waals surface area contributed by atoms with Crippen LogP contribution in [0.5, 0.6) is 0 Å². The lowest BCUT2D eigenvalue weighted by molar-refractivity contribution is -0.135. The van der Waals surface area contributed by atoms with Crippen LogP contribution in [0.2, 0.25) is 0 Å². The van der Waals surface area contributed by atoms with Crippen molar-refractivity contribution >= 4 is 46.1 Å². The Morgan fingerprint density at radius 3 is 1.76 bits per heavy atom. The molecule has 51 heavy (non-hydrogen) atoms. The number of hydrogen-bond acceptors (Lipinski definition) is 8. The van der Waals surface area contributed by atoms with Gasteiger partial charge in [0.2, 0.25) is 5.91 Å². The van der Waals surface area contributed by atoms with Crippen LogP contribution in [0.3, 0.4) is 0 Å². The third-order valence-corrected chi connectivity index (χ3v) is 9.75. The molecule has 0 radical (unpaired) electrons. The number of aromatic nitrogens is 4. The van der Waals surface area contributed by atoms with Crippen LogP contribution in [0.25, 0.3) is 33.2 Å². The minimum absolute atomic E-state index is 0.185. The molecule has 0 unspecified atom stereocenters. The zero-order chi connectivity index (χ0) is 35.6. The fourth-order valence-electron chi connectivity index (χ4n) is 7.18. The van der Waals surface area contributed by atoms with Crippen molar-refractivity contribution in [3.05, 3.63) is 83.9 Å². The molecule has 2 aliphatic rings. The number of nitrogens with one attached hydrogen (secondary N) is 4. The number of alkyl carbamates (subject to hydrolysis) is 2. The molecule has 0 aliphatic carbocycles. The molecule has 2 aromatic heterocycles. The van der Waals surface area contributed by atoms with Crippen molar-refractivity contribution in [2.24, 2.45) is 0 Å². The number of rotatable bonds is 8. The summed E-state index contributed by atoms with van der Waals surface area (Å²) in [5.41, 5.74) is 5.89. The van der Waals surface area contributed by atoms with Gasteiger partial charge in [-0.15, -0.1) is 0 Å². The van der Waals surface area contributed by atoms with E-state index in [1.165, 1.54) is 14.2 Å². The molecular weight excluding hydrogens is 652 g/mol. The van der Waals surface area contributed by atoms with Gasteiger partial charge in [0.25, 0.3) is 5.91 Å². The average molecular weight is 693 g/mol. The Bertz CT molecular complexity index is 2090. The Hall–Kier alpha value is -5.92. The standard InChI is InChI=1S/C37H40N8O6/c1-21(38-36(48)50-2)34(46)44-17-7-11-29(44)32-39-25-15-13-23(19-27(25)41-32)24-14-16-26-28(20-24)42-33(40-26)30-12-8-18-45(30)35(47)31(43-37(49)51-3)22-9-5-4-6-10-22/h4-6,9-10,13-16,19-21,29-31H,7-8,11-12,17-18H2,1-3H3,(H,38,48)(H,39,41)(H,40,42)(H,43,49)/t21-,29-,30-,31+/m0/s1. The highest BCUT2D eigenvalue weighted by molar-refractivity contribution is 5.89. The number of hydrogen-bond donors (Lipinski definition) is 4. The Balaban J connectivity index is 1.11. The van der Waals surface area contributed by atoms with Gasteiger partial charge in [-0.2, -0.15) is 0 Å². The molecule has 4 atom stereocenters. The summed E-state index contributed by atoms with van der Waals surface area (Å²) in [4.78, 5) is 71.2. The first-order chi connectivity index (χ1) is 24.7. The first-order valence-corrected chi connectivity index (χ1v) is 17.1. The summed E-state index contributed by atoms with van der Waals surface area (Å²) in [7, 11) is 2.54. The minimum atomic E-state index is -0.891. The molecule has 2 saturated heterocycles. The number of fused-ring (bicyclic) bond motifs is 2. The fourth-order valence-corrected chi connectivity index (χ4v) is 7.18. The second kappa shape index (κ2) is 14.1. The van der Waals surface area contributed by atoms with Crippen molar-refractivity contribution in [2.45, 2.75) is 56.8 Å². The molecule has 7 rings (SSSR count). The first kappa shape index (κ1) is 33.6. The third kappa shape index (κ3) is 6.68. The molecule has 14 nitrogen and oxygen atoms in total. The number of nitrogens with zero attached hydrogens (tertiary/aromatic N) is 4. The molecule has 14 heteroatoms. The van der Waals surface area contributed by atoms with Crippen molar-refractivity contribution < 1.29 is 28.7 Å². The van der Waals surface area contributed by atoms with Crippen molar-refractivity contribution in [1.82, 2.24) is 40.4 Å². The number of H-pyrrole nitrogens is 2. The zero-order valence-electron chi connectivity index (χ0n) is 28.6. The third-order valence-electron chi connectivity index (χ3n) is 9.75. The lowest BCUT2D eigenvalue weighted by atomic mass is 10.0. The maximum absolute atomic E-state index is 13.9. The zero-order valence-corrected chi connectivity index (χ0v) is 28.6. The number of imidazole rings is 2. The van der Waals surface area contributed by atoms with E-state index < -0.39 is 24.3 Å². The highest BCUT2D eigenvalue weighted by Crippen LogP contribution is 2.36. The smallest absolute Gasteiger partial charge is 0.407 e. The van der Waals surface area contributed by atoms with Crippen molar-refractivity contribution in [2.75, 3.05) is 27.3 Å². The van der Waals surface area contributed by atoms with Gasteiger partial charge >= 0.3 is 12.2 Å². The van der Waals surface area contributed by atoms with Gasteiger partial charge in [-0.3, -0.25) is 9.59 Å². The van der Waals surface area contributed by atoms with Crippen LogP contribution in [0.15, 0.2) is 66.7 Å². The molecule has 4 amide bonds. The first-order valence-electron chi connectivity index (χ1n) is 17.1. The van der Waals surface area contributed by atoms with E-state index in [0.717, 1.165) is 58.9 Å². The summed E-state index contributed by atoms with van der Waals surface area (Å²) in [5.74, 6) is 0.993. The number of aromatic amines is 2. The predicted molar refractivity (Wildman–Crippen MR) is 188 cm³/mol. The SMILES string of the molecule is COC(=O)N[C@@H](C)C(=O)N1CCC[C@H]1c1nc2ccc(-c3ccc4nc([C@@H]5CCCN5C(=O)[C@H](NC(=O)OC)c5ccccc5)[nH]c4c3)cc2[nH]1. The maximum Gasteiger partial charge on any atom is 0.407 e. The topological polar surface area (TPSA) is 175 Å². The van der Waals surface area contributed by atoms with E-state index in [4.69, 9.17) is 14.7 Å². The van der Waals surface area contributed by atoms with E-state index in [2.05, 4.69) is 25.3 Å². The molecule has 0 bridgehead atoms. The van der Waals surface area contributed by atoms with Crippen LogP contribution >= 0.6 is 0 Å². The van der Waals surface area contributed by atoms with E-state index in [9.17, 15) is 19.2 Å². The summed E-state index contributed by atoms with van der Waals surface area (Å²) in [5, 5.41) is 5.27. The van der Waals surface area contributed by atoms with E-state index in [-0.39, 0.29) is 23.9 Å². The average Bonchev–Trinajstić information content (AvgIpc) is 3.98. The second-order valence-corrected chi connectivity index (χ2v) is 12.9. The summed E-state index contributed by atoms with van der Waals surface area (Å²) in [6, 6.07) is 19.1. The van der Waals surface area contributed by atoms with Crippen LogP contribution in [0.1, 0.15) is 67.9 Å². The molecule has 3 aromatic carbocycles. The van der Waals surface area contributed by atoms with E-state index in [1.54, 1.807) is 16.7 Å². The number of carbonyl (C=O) groups excluding carboxylic acids is 4. The largest absolute Gasteiger partial charge is 0.453 e. The summed E-state index contributed by atoms with van der Waals surface area (Å²) < 4.78 is 9.48. The monoisotopic (exact) mass is 692 g/mol. The Morgan fingerprint density at radius 2 is 1.24 bits per heavy atom. The molecule has 2 fully saturated rings. The lowest BCUT2D eigenvalue weighted by Gasteiger charge is -2.28. The quantitative estimate of drug-likeness (QED) is 0.170. The highest BCUT2D eigenvalue weighted by Gasteiger charge is 2.38. The summed E-state index contributed by atoms with van der Waals surface area (Å²) >= 11 is 0. The molecule has 2 aliphatic heterocycles. The van der Waals surface area contributed by atoms with E-state index >= 15 is 0 Å². The lowest BCUT2D eigenvalue weighted by Crippen LogP contribution is -2.46. The van der Waals surface area contributed by atoms with E-state index in [0.29, 0.717) is 30.3 Å². The molecule has 0 spiro atoms. The Kier molecular flexibility index (Phi) is 9.30. The van der Waals surface area contributed by atoms with Crippen LogP contribution in [-0.4, -0.2) is 87.1 Å². The minimum Gasteiger partial charge on any atom is -0.453 e. The van der Waals surface area contributed by atoms with Crippen LogP contribution in [-0.2, 0) is 19.1 Å². The predicted octanol–water partition coefficient (Wildman–Crippen LogP) is 5.28. The van der Waals surface area contributed by atoms with Crippen molar-refractivity contribution in [3.63, 3.8) is 0 Å². The highest BCUT2D eigenvalue weighted by atomic mass is 16.5. The van der Waals surface area contributed by atoms with Crippen molar-refractivity contribution in [1.29, 1.82) is 0 Å². The maximum atomic E-state index is 13.9. The molecule has 4 heterocycles. The number of likely N-dealkylation sites (tertiary alicyclic amines) is 2.